The number of imidazole rings is 1. The van der Waals surface area contributed by atoms with Crippen molar-refractivity contribution in [3.8, 4) is 5.82 Å². The average Bonchev–Trinajstić information content (AvgIpc) is 3.14. The van der Waals surface area contributed by atoms with Gasteiger partial charge in [0.2, 0.25) is 5.91 Å². The summed E-state index contributed by atoms with van der Waals surface area (Å²) in [4.78, 5) is 20.7. The molecule has 0 bridgehead atoms. The van der Waals surface area contributed by atoms with E-state index in [1.807, 2.05) is 29.8 Å². The van der Waals surface area contributed by atoms with Crippen LogP contribution in [0.5, 0.6) is 0 Å². The van der Waals surface area contributed by atoms with Gasteiger partial charge < -0.3 is 11.1 Å². The van der Waals surface area contributed by atoms with E-state index in [0.29, 0.717) is 6.54 Å². The van der Waals surface area contributed by atoms with Crippen molar-refractivity contribution in [1.82, 2.24) is 19.9 Å². The van der Waals surface area contributed by atoms with Crippen LogP contribution in [0.2, 0.25) is 0 Å². The molecule has 0 aromatic carbocycles. The van der Waals surface area contributed by atoms with Gasteiger partial charge in [0.1, 0.15) is 11.6 Å². The van der Waals surface area contributed by atoms with Crippen LogP contribution in [-0.4, -0.2) is 26.5 Å². The molecular weight excluding hydrogens is 278 g/mol. The fourth-order valence-electron chi connectivity index (χ4n) is 2.87. The number of nitrogens with one attached hydrogen (secondary N) is 1. The van der Waals surface area contributed by atoms with E-state index in [4.69, 9.17) is 5.73 Å². The van der Waals surface area contributed by atoms with Crippen molar-refractivity contribution in [2.24, 2.45) is 11.7 Å². The zero-order chi connectivity index (χ0) is 15.5. The average molecular weight is 299 g/mol. The molecule has 0 radical (unpaired) electrons. The molecule has 116 valence electrons. The highest BCUT2D eigenvalue weighted by Gasteiger charge is 2.27. The molecule has 1 fully saturated rings. The minimum Gasteiger partial charge on any atom is -0.352 e. The van der Waals surface area contributed by atoms with Crippen LogP contribution in [0.3, 0.4) is 0 Å². The summed E-state index contributed by atoms with van der Waals surface area (Å²) < 4.78 is 1.92. The van der Waals surface area contributed by atoms with Gasteiger partial charge in [-0.15, -0.1) is 0 Å². The molecule has 2 aromatic heterocycles. The van der Waals surface area contributed by atoms with Crippen molar-refractivity contribution >= 4 is 5.91 Å². The smallest absolute Gasteiger partial charge is 0.223 e. The molecule has 1 saturated carbocycles. The van der Waals surface area contributed by atoms with Gasteiger partial charge in [0.15, 0.2) is 0 Å². The maximum Gasteiger partial charge on any atom is 0.223 e. The number of nitrogens with two attached hydrogens (primary N) is 1. The Hall–Kier alpha value is -2.21. The van der Waals surface area contributed by atoms with Crippen LogP contribution < -0.4 is 11.1 Å². The highest BCUT2D eigenvalue weighted by molar-refractivity contribution is 5.78. The predicted octanol–water partition coefficient (Wildman–Crippen LogP) is 1.32. The van der Waals surface area contributed by atoms with E-state index in [2.05, 4.69) is 15.3 Å². The summed E-state index contributed by atoms with van der Waals surface area (Å²) in [5.41, 5.74) is 6.83. The van der Waals surface area contributed by atoms with Gasteiger partial charge in [-0.25, -0.2) is 9.97 Å². The first-order chi connectivity index (χ1) is 10.6. The molecule has 1 aliphatic rings. The Labute approximate surface area is 129 Å². The second-order valence-electron chi connectivity index (χ2n) is 5.86. The van der Waals surface area contributed by atoms with Crippen LogP contribution >= 0.6 is 0 Å². The van der Waals surface area contributed by atoms with Crippen LogP contribution in [0.25, 0.3) is 5.82 Å². The second-order valence-corrected chi connectivity index (χ2v) is 5.86. The van der Waals surface area contributed by atoms with Crippen LogP contribution in [0.4, 0.5) is 0 Å². The van der Waals surface area contributed by atoms with E-state index < -0.39 is 0 Å². The third-order valence-corrected chi connectivity index (χ3v) is 4.19. The zero-order valence-electron chi connectivity index (χ0n) is 12.7. The molecule has 3 rings (SSSR count). The third kappa shape index (κ3) is 3.17. The number of nitrogens with zero attached hydrogens (tertiary/aromatic N) is 3. The van der Waals surface area contributed by atoms with Crippen LogP contribution in [0.15, 0.2) is 30.7 Å². The third-order valence-electron chi connectivity index (χ3n) is 4.19. The molecule has 2 heterocycles. The van der Waals surface area contributed by atoms with Crippen molar-refractivity contribution in [3.63, 3.8) is 0 Å². The highest BCUT2D eigenvalue weighted by atomic mass is 16.1. The fourth-order valence-corrected chi connectivity index (χ4v) is 2.87. The number of pyridine rings is 1. The van der Waals surface area contributed by atoms with E-state index in [0.717, 1.165) is 36.5 Å². The van der Waals surface area contributed by atoms with Gasteiger partial charge in [-0.05, 0) is 37.8 Å². The van der Waals surface area contributed by atoms with E-state index in [-0.39, 0.29) is 17.9 Å². The van der Waals surface area contributed by atoms with E-state index >= 15 is 0 Å². The molecule has 0 saturated heterocycles. The van der Waals surface area contributed by atoms with Gasteiger partial charge in [0.25, 0.3) is 0 Å². The van der Waals surface area contributed by atoms with E-state index in [9.17, 15) is 4.79 Å². The number of carbonyl (C=O) groups is 1. The Bertz CT molecular complexity index is 649. The Balaban J connectivity index is 1.57. The Morgan fingerprint density at radius 1 is 1.41 bits per heavy atom. The molecule has 2 unspecified atom stereocenters. The van der Waals surface area contributed by atoms with Crippen LogP contribution in [-0.2, 0) is 11.3 Å². The molecule has 6 heteroatoms. The van der Waals surface area contributed by atoms with Gasteiger partial charge in [-0.2, -0.15) is 0 Å². The van der Waals surface area contributed by atoms with Gasteiger partial charge >= 0.3 is 0 Å². The van der Waals surface area contributed by atoms with Crippen molar-refractivity contribution in [1.29, 1.82) is 0 Å². The number of hydrogen-bond donors (Lipinski definition) is 2. The number of rotatable bonds is 4. The lowest BCUT2D eigenvalue weighted by molar-refractivity contribution is -0.125. The Morgan fingerprint density at radius 3 is 2.86 bits per heavy atom. The highest BCUT2D eigenvalue weighted by Crippen LogP contribution is 2.24. The molecule has 22 heavy (non-hydrogen) atoms. The first kappa shape index (κ1) is 14.7. The normalized spacial score (nSPS) is 21.0. The number of aromatic nitrogens is 3. The van der Waals surface area contributed by atoms with E-state index in [1.54, 1.807) is 12.4 Å². The molecule has 3 N–H and O–H groups in total. The fraction of sp³-hybridized carbons (Fsp3) is 0.438. The predicted molar refractivity (Wildman–Crippen MR) is 83.3 cm³/mol. The lowest BCUT2D eigenvalue weighted by atomic mass is 10.1. The molecule has 1 aliphatic carbocycles. The lowest BCUT2D eigenvalue weighted by Crippen LogP contribution is -2.30. The maximum absolute atomic E-state index is 12.1. The largest absolute Gasteiger partial charge is 0.352 e. The molecule has 1 amide bonds. The SMILES string of the molecule is Cc1nccn1-c1ccc(CNC(=O)C2CCC(N)C2)cn1. The Morgan fingerprint density at radius 2 is 2.27 bits per heavy atom. The molecule has 2 aromatic rings. The second kappa shape index (κ2) is 6.27. The quantitative estimate of drug-likeness (QED) is 0.891. The molecular formula is C16H21N5O. The van der Waals surface area contributed by atoms with Gasteiger partial charge in [0.05, 0.1) is 0 Å². The van der Waals surface area contributed by atoms with Crippen molar-refractivity contribution in [2.75, 3.05) is 0 Å². The summed E-state index contributed by atoms with van der Waals surface area (Å²) in [6, 6.07) is 4.08. The van der Waals surface area contributed by atoms with Crippen molar-refractivity contribution < 1.29 is 4.79 Å². The van der Waals surface area contributed by atoms with Crippen LogP contribution in [0, 0.1) is 12.8 Å². The standard InChI is InChI=1S/C16H21N5O/c1-11-18-6-7-21(11)15-5-2-12(9-19-15)10-20-16(22)13-3-4-14(17)8-13/h2,5-7,9,13-14H,3-4,8,10,17H2,1H3,(H,20,22). The minimum atomic E-state index is 0.0656. The van der Waals surface area contributed by atoms with Crippen LogP contribution in [0.1, 0.15) is 30.7 Å². The molecule has 0 aliphatic heterocycles. The number of aryl methyl sites for hydroxylation is 1. The maximum atomic E-state index is 12.1. The monoisotopic (exact) mass is 299 g/mol. The summed E-state index contributed by atoms with van der Waals surface area (Å²) in [7, 11) is 0. The summed E-state index contributed by atoms with van der Waals surface area (Å²) >= 11 is 0. The molecule has 2 atom stereocenters. The number of amides is 1. The lowest BCUT2D eigenvalue weighted by Gasteiger charge is -2.11. The van der Waals surface area contributed by atoms with E-state index in [1.165, 1.54) is 0 Å². The van der Waals surface area contributed by atoms with Gasteiger partial charge in [-0.1, -0.05) is 6.07 Å². The summed E-state index contributed by atoms with van der Waals surface area (Å²) in [6.07, 6.45) is 8.04. The molecule has 6 nitrogen and oxygen atoms in total. The minimum absolute atomic E-state index is 0.0656. The van der Waals surface area contributed by atoms with Gasteiger partial charge in [0, 0.05) is 37.1 Å². The van der Waals surface area contributed by atoms with Crippen molar-refractivity contribution in [2.45, 2.75) is 38.8 Å². The summed E-state index contributed by atoms with van der Waals surface area (Å²) in [5, 5.41) is 2.97. The first-order valence-corrected chi connectivity index (χ1v) is 7.62. The summed E-state index contributed by atoms with van der Waals surface area (Å²) in [6.45, 7) is 2.43. The van der Waals surface area contributed by atoms with Crippen molar-refractivity contribution in [3.05, 3.63) is 42.1 Å². The number of carbonyl (C=O) groups excluding carboxylic acids is 1. The first-order valence-electron chi connectivity index (χ1n) is 7.62. The molecule has 0 spiro atoms. The topological polar surface area (TPSA) is 85.8 Å². The number of hydrogen-bond acceptors (Lipinski definition) is 4. The Kier molecular flexibility index (Phi) is 4.20. The zero-order valence-corrected chi connectivity index (χ0v) is 12.7. The van der Waals surface area contributed by atoms with Gasteiger partial charge in [-0.3, -0.25) is 9.36 Å². The summed E-state index contributed by atoms with van der Waals surface area (Å²) in [5.74, 6) is 1.89.